The third kappa shape index (κ3) is 1.76. The third-order valence-corrected chi connectivity index (χ3v) is 2.43. The summed E-state index contributed by atoms with van der Waals surface area (Å²) in [6, 6.07) is 1.95. The Balaban J connectivity index is 2.17. The lowest BCUT2D eigenvalue weighted by Crippen LogP contribution is -1.95. The molecule has 0 radical (unpaired) electrons. The van der Waals surface area contributed by atoms with Crippen molar-refractivity contribution in [3.8, 4) is 0 Å². The normalized spacial score (nSPS) is 10.9. The van der Waals surface area contributed by atoms with E-state index in [1.54, 1.807) is 6.20 Å². The fourth-order valence-corrected chi connectivity index (χ4v) is 1.61. The fraction of sp³-hybridized carbons (Fsp3) is 0.455. The number of hydrogen-bond acceptors (Lipinski definition) is 2. The van der Waals surface area contributed by atoms with E-state index in [1.807, 2.05) is 18.6 Å². The van der Waals surface area contributed by atoms with E-state index in [1.165, 1.54) is 19.3 Å². The van der Waals surface area contributed by atoms with Crippen molar-refractivity contribution in [2.75, 3.05) is 0 Å². The zero-order valence-corrected chi connectivity index (χ0v) is 8.48. The van der Waals surface area contributed by atoms with E-state index in [9.17, 15) is 0 Å². The molecule has 0 aliphatic heterocycles. The Morgan fingerprint density at radius 2 is 2.29 bits per heavy atom. The number of nitrogens with zero attached hydrogens (tertiary/aromatic N) is 3. The molecule has 0 spiro atoms. The lowest BCUT2D eigenvalue weighted by molar-refractivity contribution is 0.613. The van der Waals surface area contributed by atoms with Crippen molar-refractivity contribution < 1.29 is 0 Å². The Bertz CT molecular complexity index is 406. The smallest absolute Gasteiger partial charge is 0.0958 e. The second kappa shape index (κ2) is 4.22. The predicted molar refractivity (Wildman–Crippen MR) is 57.1 cm³/mol. The topological polar surface area (TPSA) is 30.7 Å². The summed E-state index contributed by atoms with van der Waals surface area (Å²) in [5.41, 5.74) is 2.18. The third-order valence-electron chi connectivity index (χ3n) is 2.43. The Hall–Kier alpha value is -1.38. The van der Waals surface area contributed by atoms with E-state index < -0.39 is 0 Å². The van der Waals surface area contributed by atoms with Crippen LogP contribution in [0.3, 0.4) is 0 Å². The molecule has 0 saturated heterocycles. The molecule has 0 aliphatic rings. The molecule has 0 aliphatic carbocycles. The van der Waals surface area contributed by atoms with Gasteiger partial charge in [-0.2, -0.15) is 0 Å². The standard InChI is InChI=1S/C11H15N3/c1-2-3-4-7-14-9-13-10-5-6-12-8-11(10)14/h5-6,8-9H,2-4,7H2,1H3. The summed E-state index contributed by atoms with van der Waals surface area (Å²) in [4.78, 5) is 8.43. The molecule has 0 amide bonds. The van der Waals surface area contributed by atoms with Gasteiger partial charge < -0.3 is 4.57 Å². The Morgan fingerprint density at radius 3 is 3.14 bits per heavy atom. The monoisotopic (exact) mass is 189 g/mol. The number of fused-ring (bicyclic) bond motifs is 1. The van der Waals surface area contributed by atoms with Crippen LogP contribution in [-0.4, -0.2) is 14.5 Å². The summed E-state index contributed by atoms with van der Waals surface area (Å²) in [6.07, 6.45) is 9.32. The molecule has 0 bridgehead atoms. The van der Waals surface area contributed by atoms with E-state index in [0.29, 0.717) is 0 Å². The number of aryl methyl sites for hydroxylation is 1. The molecule has 0 aromatic carbocycles. The number of pyridine rings is 1. The maximum atomic E-state index is 4.32. The largest absolute Gasteiger partial charge is 0.329 e. The molecule has 3 nitrogen and oxygen atoms in total. The van der Waals surface area contributed by atoms with Crippen molar-refractivity contribution in [3.05, 3.63) is 24.8 Å². The number of imidazole rings is 1. The first kappa shape index (κ1) is 9.19. The van der Waals surface area contributed by atoms with E-state index in [-0.39, 0.29) is 0 Å². The van der Waals surface area contributed by atoms with Gasteiger partial charge in [0.05, 0.1) is 23.6 Å². The van der Waals surface area contributed by atoms with Crippen molar-refractivity contribution in [2.24, 2.45) is 0 Å². The van der Waals surface area contributed by atoms with Gasteiger partial charge in [0.25, 0.3) is 0 Å². The van der Waals surface area contributed by atoms with Crippen LogP contribution in [0.4, 0.5) is 0 Å². The molecule has 14 heavy (non-hydrogen) atoms. The highest BCUT2D eigenvalue weighted by atomic mass is 15.0. The molecule has 0 N–H and O–H groups in total. The summed E-state index contributed by atoms with van der Waals surface area (Å²) >= 11 is 0. The molecule has 2 heterocycles. The first-order valence-electron chi connectivity index (χ1n) is 5.16. The molecule has 0 saturated carbocycles. The molecule has 0 fully saturated rings. The van der Waals surface area contributed by atoms with E-state index >= 15 is 0 Å². The van der Waals surface area contributed by atoms with Crippen LogP contribution in [0.5, 0.6) is 0 Å². The molecular weight excluding hydrogens is 174 g/mol. The minimum Gasteiger partial charge on any atom is -0.329 e. The van der Waals surface area contributed by atoms with Crippen molar-refractivity contribution in [3.63, 3.8) is 0 Å². The molecule has 74 valence electrons. The fourth-order valence-electron chi connectivity index (χ4n) is 1.61. The van der Waals surface area contributed by atoms with Crippen LogP contribution in [0.25, 0.3) is 11.0 Å². The van der Waals surface area contributed by atoms with Gasteiger partial charge in [-0.3, -0.25) is 4.98 Å². The summed E-state index contributed by atoms with van der Waals surface area (Å²) in [5, 5.41) is 0. The van der Waals surface area contributed by atoms with E-state index in [0.717, 1.165) is 17.6 Å². The second-order valence-corrected chi connectivity index (χ2v) is 3.51. The van der Waals surface area contributed by atoms with Crippen LogP contribution in [0, 0.1) is 0 Å². The summed E-state index contributed by atoms with van der Waals surface area (Å²) in [5.74, 6) is 0. The second-order valence-electron chi connectivity index (χ2n) is 3.51. The van der Waals surface area contributed by atoms with Gasteiger partial charge >= 0.3 is 0 Å². The van der Waals surface area contributed by atoms with Gasteiger partial charge in [-0.25, -0.2) is 4.98 Å². The lowest BCUT2D eigenvalue weighted by atomic mass is 10.2. The zero-order valence-electron chi connectivity index (χ0n) is 8.48. The first-order valence-corrected chi connectivity index (χ1v) is 5.16. The van der Waals surface area contributed by atoms with Gasteiger partial charge in [-0.15, -0.1) is 0 Å². The molecule has 0 atom stereocenters. The van der Waals surface area contributed by atoms with Crippen LogP contribution >= 0.6 is 0 Å². The minimum atomic E-state index is 1.04. The predicted octanol–water partition coefficient (Wildman–Crippen LogP) is 2.62. The van der Waals surface area contributed by atoms with Crippen molar-refractivity contribution >= 4 is 11.0 Å². The lowest BCUT2D eigenvalue weighted by Gasteiger charge is -2.02. The highest BCUT2D eigenvalue weighted by Gasteiger charge is 2.00. The van der Waals surface area contributed by atoms with Gasteiger partial charge in [0.15, 0.2) is 0 Å². The average Bonchev–Trinajstić information content (AvgIpc) is 2.63. The van der Waals surface area contributed by atoms with Gasteiger partial charge in [-0.1, -0.05) is 19.8 Å². The Kier molecular flexibility index (Phi) is 2.77. The molecule has 2 aromatic rings. The zero-order chi connectivity index (χ0) is 9.80. The minimum absolute atomic E-state index is 1.04. The Labute approximate surface area is 83.8 Å². The maximum absolute atomic E-state index is 4.32. The van der Waals surface area contributed by atoms with Crippen molar-refractivity contribution in [2.45, 2.75) is 32.7 Å². The maximum Gasteiger partial charge on any atom is 0.0958 e. The van der Waals surface area contributed by atoms with Crippen LogP contribution in [0.2, 0.25) is 0 Å². The van der Waals surface area contributed by atoms with Crippen LogP contribution < -0.4 is 0 Å². The van der Waals surface area contributed by atoms with Gasteiger partial charge in [0.1, 0.15) is 0 Å². The molecular formula is C11H15N3. The highest BCUT2D eigenvalue weighted by molar-refractivity contribution is 5.73. The summed E-state index contributed by atoms with van der Waals surface area (Å²) in [7, 11) is 0. The number of unbranched alkanes of at least 4 members (excludes halogenated alkanes) is 2. The molecule has 2 aromatic heterocycles. The van der Waals surface area contributed by atoms with E-state index in [2.05, 4.69) is 21.5 Å². The van der Waals surface area contributed by atoms with E-state index in [4.69, 9.17) is 0 Å². The van der Waals surface area contributed by atoms with Crippen molar-refractivity contribution in [1.82, 2.24) is 14.5 Å². The van der Waals surface area contributed by atoms with Gasteiger partial charge in [-0.05, 0) is 12.5 Å². The number of hydrogen-bond donors (Lipinski definition) is 0. The van der Waals surface area contributed by atoms with Crippen LogP contribution in [-0.2, 0) is 6.54 Å². The van der Waals surface area contributed by atoms with Gasteiger partial charge in [0.2, 0.25) is 0 Å². The van der Waals surface area contributed by atoms with Gasteiger partial charge in [0, 0.05) is 12.7 Å². The summed E-state index contributed by atoms with van der Waals surface area (Å²) in [6.45, 7) is 3.27. The molecule has 2 rings (SSSR count). The summed E-state index contributed by atoms with van der Waals surface area (Å²) < 4.78 is 2.18. The van der Waals surface area contributed by atoms with Crippen molar-refractivity contribution in [1.29, 1.82) is 0 Å². The first-order chi connectivity index (χ1) is 6.92. The Morgan fingerprint density at radius 1 is 1.36 bits per heavy atom. The molecule has 0 unspecified atom stereocenters. The number of aromatic nitrogens is 3. The van der Waals surface area contributed by atoms with Crippen LogP contribution in [0.1, 0.15) is 26.2 Å². The number of rotatable bonds is 4. The van der Waals surface area contributed by atoms with Crippen LogP contribution in [0.15, 0.2) is 24.8 Å². The average molecular weight is 189 g/mol. The molecule has 3 heteroatoms. The SMILES string of the molecule is CCCCCn1cnc2ccncc21. The quantitative estimate of drug-likeness (QED) is 0.692. The highest BCUT2D eigenvalue weighted by Crippen LogP contribution is 2.11.